The third-order valence-electron chi connectivity index (χ3n) is 3.84. The highest BCUT2D eigenvalue weighted by Gasteiger charge is 2.53. The molecule has 1 aliphatic heterocycles. The van der Waals surface area contributed by atoms with Gasteiger partial charge in [0.05, 0.1) is 6.61 Å². The number of aliphatic hydroxyl groups excluding tert-OH is 2. The van der Waals surface area contributed by atoms with E-state index in [0.29, 0.717) is 5.75 Å². The molecule has 11 heteroatoms. The number of thioether (sulfide) groups is 1. The molecule has 0 saturated heterocycles. The van der Waals surface area contributed by atoms with Crippen LogP contribution in [-0.2, 0) is 20.0 Å². The minimum Gasteiger partial charge on any atom is -0.506 e. The Bertz CT molecular complexity index is 885. The van der Waals surface area contributed by atoms with Crippen molar-refractivity contribution in [3.8, 4) is 6.07 Å². The number of nitrogen functional groups attached to an aromatic ring is 1. The van der Waals surface area contributed by atoms with Crippen molar-refractivity contribution in [2.24, 2.45) is 5.41 Å². The van der Waals surface area contributed by atoms with Crippen molar-refractivity contribution in [1.29, 1.82) is 5.26 Å². The SMILES string of the molecule is CC(C)(C)C(=O)SCCOCC1=C(O)C(O)[C@](C#N)(n2ccc(N)nc2=O)O1. The molecule has 0 saturated carbocycles. The van der Waals surface area contributed by atoms with Gasteiger partial charge in [-0.2, -0.15) is 10.2 Å². The molecule has 0 aliphatic carbocycles. The van der Waals surface area contributed by atoms with Crippen LogP contribution in [0.25, 0.3) is 0 Å². The fourth-order valence-electron chi connectivity index (χ4n) is 2.30. The molecule has 1 aromatic heterocycles. The lowest BCUT2D eigenvalue weighted by atomic mass is 10.00. The number of ether oxygens (including phenoxy) is 2. The van der Waals surface area contributed by atoms with Gasteiger partial charge in [0.25, 0.3) is 0 Å². The third-order valence-corrected chi connectivity index (χ3v) is 5.09. The van der Waals surface area contributed by atoms with Gasteiger partial charge in [0.2, 0.25) is 0 Å². The van der Waals surface area contributed by atoms with Crippen LogP contribution in [-0.4, -0.2) is 49.9 Å². The number of aromatic nitrogens is 2. The van der Waals surface area contributed by atoms with Crippen molar-refractivity contribution < 1.29 is 24.5 Å². The van der Waals surface area contributed by atoms with E-state index in [1.54, 1.807) is 6.07 Å². The van der Waals surface area contributed by atoms with Gasteiger partial charge in [0.1, 0.15) is 18.5 Å². The van der Waals surface area contributed by atoms with Crippen LogP contribution in [0.15, 0.2) is 28.6 Å². The molecular formula is C17H22N4O6S. The Morgan fingerprint density at radius 2 is 2.25 bits per heavy atom. The van der Waals surface area contributed by atoms with Crippen LogP contribution in [0.1, 0.15) is 20.8 Å². The second kappa shape index (κ2) is 8.22. The molecule has 4 N–H and O–H groups in total. The van der Waals surface area contributed by atoms with Crippen LogP contribution in [0.2, 0.25) is 0 Å². The molecule has 2 heterocycles. The van der Waals surface area contributed by atoms with Crippen molar-refractivity contribution in [2.75, 3.05) is 24.7 Å². The molecule has 1 aliphatic rings. The quantitative estimate of drug-likeness (QED) is 0.563. The topological polar surface area (TPSA) is 161 Å². The number of nitrogens with zero attached hydrogens (tertiary/aromatic N) is 3. The lowest BCUT2D eigenvalue weighted by Crippen LogP contribution is -2.48. The van der Waals surface area contributed by atoms with Gasteiger partial charge in [0.15, 0.2) is 22.7 Å². The van der Waals surface area contributed by atoms with E-state index in [-0.39, 0.29) is 29.9 Å². The van der Waals surface area contributed by atoms with Gasteiger partial charge < -0.3 is 25.4 Å². The lowest BCUT2D eigenvalue weighted by molar-refractivity contribution is -0.117. The van der Waals surface area contributed by atoms with Crippen molar-refractivity contribution >= 4 is 22.7 Å². The summed E-state index contributed by atoms with van der Waals surface area (Å²) in [5, 5.41) is 30.0. The van der Waals surface area contributed by atoms with E-state index in [9.17, 15) is 25.1 Å². The lowest BCUT2D eigenvalue weighted by Gasteiger charge is -2.26. The molecule has 0 aromatic carbocycles. The van der Waals surface area contributed by atoms with Crippen molar-refractivity contribution in [3.05, 3.63) is 34.3 Å². The van der Waals surface area contributed by atoms with E-state index >= 15 is 0 Å². The first-order valence-corrected chi connectivity index (χ1v) is 9.32. The summed E-state index contributed by atoms with van der Waals surface area (Å²) in [4.78, 5) is 27.4. The summed E-state index contributed by atoms with van der Waals surface area (Å²) in [5.74, 6) is -0.490. The summed E-state index contributed by atoms with van der Waals surface area (Å²) in [6.45, 7) is 5.36. The Morgan fingerprint density at radius 3 is 2.82 bits per heavy atom. The van der Waals surface area contributed by atoms with Crippen LogP contribution < -0.4 is 11.4 Å². The van der Waals surface area contributed by atoms with Crippen LogP contribution in [0.3, 0.4) is 0 Å². The largest absolute Gasteiger partial charge is 0.506 e. The smallest absolute Gasteiger partial charge is 0.353 e. The first kappa shape index (κ1) is 21.7. The highest BCUT2D eigenvalue weighted by Crippen LogP contribution is 2.36. The summed E-state index contributed by atoms with van der Waals surface area (Å²) in [5.41, 5.74) is 1.82. The minimum absolute atomic E-state index is 0.0180. The third kappa shape index (κ3) is 4.30. The van der Waals surface area contributed by atoms with E-state index in [1.807, 2.05) is 20.8 Å². The van der Waals surface area contributed by atoms with Gasteiger partial charge in [-0.3, -0.25) is 4.79 Å². The van der Waals surface area contributed by atoms with Crippen molar-refractivity contribution in [3.63, 3.8) is 0 Å². The zero-order chi connectivity index (χ0) is 21.1. The average molecular weight is 410 g/mol. The summed E-state index contributed by atoms with van der Waals surface area (Å²) in [7, 11) is 0. The Kier molecular flexibility index (Phi) is 6.38. The Hall–Kier alpha value is -2.55. The van der Waals surface area contributed by atoms with E-state index < -0.39 is 28.7 Å². The molecule has 0 spiro atoms. The number of rotatable bonds is 6. The van der Waals surface area contributed by atoms with Gasteiger partial charge in [-0.1, -0.05) is 32.5 Å². The van der Waals surface area contributed by atoms with Gasteiger partial charge in [-0.25, -0.2) is 9.36 Å². The number of nitrogens with two attached hydrogens (primary N) is 1. The molecule has 1 unspecified atom stereocenters. The summed E-state index contributed by atoms with van der Waals surface area (Å²) in [6.07, 6.45) is -0.681. The van der Waals surface area contributed by atoms with Gasteiger partial charge in [-0.05, 0) is 6.07 Å². The number of nitriles is 1. The fraction of sp³-hybridized carbons (Fsp3) is 0.529. The molecule has 2 rings (SSSR count). The molecule has 0 fully saturated rings. The number of carbonyl (C=O) groups excluding carboxylic acids is 1. The second-order valence-corrected chi connectivity index (χ2v) is 8.13. The molecule has 10 nitrogen and oxygen atoms in total. The number of carbonyl (C=O) groups is 1. The first-order valence-electron chi connectivity index (χ1n) is 8.34. The molecule has 152 valence electrons. The monoisotopic (exact) mass is 410 g/mol. The van der Waals surface area contributed by atoms with E-state index in [1.165, 1.54) is 6.07 Å². The van der Waals surface area contributed by atoms with Crippen LogP contribution in [0, 0.1) is 16.7 Å². The molecule has 28 heavy (non-hydrogen) atoms. The van der Waals surface area contributed by atoms with E-state index in [2.05, 4.69) is 4.98 Å². The number of hydrogen-bond donors (Lipinski definition) is 3. The second-order valence-electron chi connectivity index (χ2n) is 7.06. The van der Waals surface area contributed by atoms with E-state index in [4.69, 9.17) is 15.2 Å². The zero-order valence-corrected chi connectivity index (χ0v) is 16.5. The van der Waals surface area contributed by atoms with Crippen molar-refractivity contribution in [2.45, 2.75) is 32.6 Å². The highest BCUT2D eigenvalue weighted by molar-refractivity contribution is 8.13. The number of hydrogen-bond acceptors (Lipinski definition) is 10. The molecule has 0 amide bonds. The maximum atomic E-state index is 12.1. The van der Waals surface area contributed by atoms with Gasteiger partial charge >= 0.3 is 11.4 Å². The average Bonchev–Trinajstić information content (AvgIpc) is 2.86. The van der Waals surface area contributed by atoms with Crippen molar-refractivity contribution in [1.82, 2.24) is 9.55 Å². The van der Waals surface area contributed by atoms with Crippen LogP contribution >= 0.6 is 11.8 Å². The Labute approximate surface area is 165 Å². The normalized spacial score (nSPS) is 22.0. The van der Waals surface area contributed by atoms with E-state index in [0.717, 1.165) is 22.5 Å². The standard InChI is InChI=1S/C17H22N4O6S/c1-16(2,3)14(24)28-7-6-26-8-10-12(22)13(23)17(9-18,27-10)21-5-4-11(19)20-15(21)25/h4-5,13,22-23H,6-8H2,1-3H3,(H2,19,20,25)/t13?,17-/m1/s1. The predicted octanol–water partition coefficient (Wildman–Crippen LogP) is 0.485. The molecular weight excluding hydrogens is 388 g/mol. The molecule has 0 bridgehead atoms. The summed E-state index contributed by atoms with van der Waals surface area (Å²) in [6, 6.07) is 2.96. The molecule has 1 aromatic rings. The van der Waals surface area contributed by atoms with Crippen LogP contribution in [0.4, 0.5) is 5.82 Å². The molecule has 0 radical (unpaired) electrons. The maximum absolute atomic E-state index is 12.1. The minimum atomic E-state index is -2.22. The fourth-order valence-corrected chi connectivity index (χ4v) is 3.12. The summed E-state index contributed by atoms with van der Waals surface area (Å²) >= 11 is 1.12. The van der Waals surface area contributed by atoms with Crippen LogP contribution in [0.5, 0.6) is 0 Å². The van der Waals surface area contributed by atoms with Gasteiger partial charge in [0, 0.05) is 17.4 Å². The number of aliphatic hydroxyl groups is 2. The molecule has 2 atom stereocenters. The van der Waals surface area contributed by atoms with Gasteiger partial charge in [-0.15, -0.1) is 0 Å². The highest BCUT2D eigenvalue weighted by atomic mass is 32.2. The Balaban J connectivity index is 2.03. The number of anilines is 1. The summed E-state index contributed by atoms with van der Waals surface area (Å²) < 4.78 is 11.5. The Morgan fingerprint density at radius 1 is 1.57 bits per heavy atom. The first-order chi connectivity index (χ1) is 13.0. The predicted molar refractivity (Wildman–Crippen MR) is 101 cm³/mol. The maximum Gasteiger partial charge on any atom is 0.353 e. The zero-order valence-electron chi connectivity index (χ0n) is 15.7.